The van der Waals surface area contributed by atoms with Gasteiger partial charge in [-0.15, -0.1) is 0 Å². The summed E-state index contributed by atoms with van der Waals surface area (Å²) in [5.74, 6) is -0.117. The summed E-state index contributed by atoms with van der Waals surface area (Å²) in [6.07, 6.45) is 0.961. The lowest BCUT2D eigenvalue weighted by molar-refractivity contribution is -0.117. The van der Waals surface area contributed by atoms with Crippen molar-refractivity contribution in [2.24, 2.45) is 0 Å². The van der Waals surface area contributed by atoms with Crippen molar-refractivity contribution in [1.82, 2.24) is 5.32 Å². The molecule has 1 amide bonds. The zero-order valence-corrected chi connectivity index (χ0v) is 7.22. The molecule has 64 valence electrons. The molecule has 3 nitrogen and oxygen atoms in total. The van der Waals surface area contributed by atoms with Crippen LogP contribution in [0.25, 0.3) is 0 Å². The standard InChI is InChI=1S/C8H15NO2/c1-4-9-8(11)6(2)5-7(3)10/h5,7,10H,4H2,1-3H3,(H,9,11)/b6-5+. The molecule has 0 aliphatic rings. The number of amides is 1. The van der Waals surface area contributed by atoms with Gasteiger partial charge in [0.25, 0.3) is 0 Å². The van der Waals surface area contributed by atoms with Crippen LogP contribution in [0.3, 0.4) is 0 Å². The van der Waals surface area contributed by atoms with E-state index in [1.54, 1.807) is 13.8 Å². The van der Waals surface area contributed by atoms with Crippen LogP contribution in [0, 0.1) is 0 Å². The summed E-state index contributed by atoms with van der Waals surface area (Å²) in [6, 6.07) is 0. The first kappa shape index (κ1) is 10.2. The molecule has 11 heavy (non-hydrogen) atoms. The zero-order valence-electron chi connectivity index (χ0n) is 7.22. The van der Waals surface area contributed by atoms with Gasteiger partial charge < -0.3 is 10.4 Å². The Bertz CT molecular complexity index is 161. The fraction of sp³-hybridized carbons (Fsp3) is 0.625. The van der Waals surface area contributed by atoms with Crippen molar-refractivity contribution in [1.29, 1.82) is 0 Å². The average molecular weight is 157 g/mol. The number of hydrogen-bond acceptors (Lipinski definition) is 2. The Morgan fingerprint density at radius 1 is 1.73 bits per heavy atom. The monoisotopic (exact) mass is 157 g/mol. The average Bonchev–Trinajstić information content (AvgIpc) is 1.86. The van der Waals surface area contributed by atoms with Crippen LogP contribution >= 0.6 is 0 Å². The van der Waals surface area contributed by atoms with Gasteiger partial charge in [-0.1, -0.05) is 0 Å². The van der Waals surface area contributed by atoms with Crippen LogP contribution in [0.2, 0.25) is 0 Å². The molecule has 3 heteroatoms. The molecule has 0 spiro atoms. The molecule has 0 bridgehead atoms. The highest BCUT2D eigenvalue weighted by Crippen LogP contribution is 1.94. The fourth-order valence-corrected chi connectivity index (χ4v) is 0.737. The molecule has 0 aliphatic carbocycles. The second-order valence-electron chi connectivity index (χ2n) is 2.45. The van der Waals surface area contributed by atoms with E-state index in [1.807, 2.05) is 6.92 Å². The number of carbonyl (C=O) groups is 1. The van der Waals surface area contributed by atoms with E-state index in [-0.39, 0.29) is 5.91 Å². The van der Waals surface area contributed by atoms with Crippen LogP contribution < -0.4 is 5.32 Å². The Balaban J connectivity index is 4.01. The molecule has 0 rings (SSSR count). The predicted molar refractivity (Wildman–Crippen MR) is 44.1 cm³/mol. The third kappa shape index (κ3) is 4.56. The van der Waals surface area contributed by atoms with Gasteiger partial charge in [-0.25, -0.2) is 0 Å². The third-order valence-corrected chi connectivity index (χ3v) is 1.19. The van der Waals surface area contributed by atoms with Crippen LogP contribution in [-0.4, -0.2) is 23.7 Å². The molecular formula is C8H15NO2. The Labute approximate surface area is 67.1 Å². The topological polar surface area (TPSA) is 49.3 Å². The number of hydrogen-bond donors (Lipinski definition) is 2. The first-order chi connectivity index (χ1) is 5.07. The second-order valence-corrected chi connectivity index (χ2v) is 2.45. The Morgan fingerprint density at radius 2 is 2.27 bits per heavy atom. The van der Waals surface area contributed by atoms with Gasteiger partial charge in [0.1, 0.15) is 0 Å². The summed E-state index contributed by atoms with van der Waals surface area (Å²) in [5, 5.41) is 11.5. The number of nitrogens with one attached hydrogen (secondary N) is 1. The van der Waals surface area contributed by atoms with Crippen LogP contribution in [0.4, 0.5) is 0 Å². The van der Waals surface area contributed by atoms with Gasteiger partial charge in [-0.05, 0) is 26.8 Å². The summed E-state index contributed by atoms with van der Waals surface area (Å²) in [4.78, 5) is 11.0. The zero-order chi connectivity index (χ0) is 8.85. The first-order valence-corrected chi connectivity index (χ1v) is 3.72. The van der Waals surface area contributed by atoms with Crippen LogP contribution in [0.1, 0.15) is 20.8 Å². The van der Waals surface area contributed by atoms with Gasteiger partial charge >= 0.3 is 0 Å². The summed E-state index contributed by atoms with van der Waals surface area (Å²) in [5.41, 5.74) is 0.557. The van der Waals surface area contributed by atoms with E-state index in [9.17, 15) is 4.79 Å². The van der Waals surface area contributed by atoms with E-state index < -0.39 is 6.10 Å². The quantitative estimate of drug-likeness (QED) is 0.584. The SMILES string of the molecule is CCNC(=O)/C(C)=C/C(C)O. The van der Waals surface area contributed by atoms with Gasteiger partial charge in [-0.3, -0.25) is 4.79 Å². The maximum atomic E-state index is 11.0. The molecule has 0 aromatic heterocycles. The molecule has 0 aliphatic heterocycles. The van der Waals surface area contributed by atoms with Gasteiger partial charge in [0.15, 0.2) is 0 Å². The van der Waals surface area contributed by atoms with Crippen molar-refractivity contribution < 1.29 is 9.90 Å². The molecule has 0 fully saturated rings. The summed E-state index contributed by atoms with van der Waals surface area (Å²) in [7, 11) is 0. The highest BCUT2D eigenvalue weighted by Gasteiger charge is 2.01. The van der Waals surface area contributed by atoms with Crippen LogP contribution in [-0.2, 0) is 4.79 Å². The minimum atomic E-state index is -0.558. The Kier molecular flexibility index (Phi) is 4.54. The lowest BCUT2D eigenvalue weighted by Gasteiger charge is -2.02. The van der Waals surface area contributed by atoms with Gasteiger partial charge in [0.2, 0.25) is 5.91 Å². The molecule has 0 heterocycles. The number of carbonyl (C=O) groups excluding carboxylic acids is 1. The molecule has 1 unspecified atom stereocenters. The molecule has 0 saturated carbocycles. The minimum absolute atomic E-state index is 0.117. The first-order valence-electron chi connectivity index (χ1n) is 3.72. The minimum Gasteiger partial charge on any atom is -0.389 e. The normalized spacial score (nSPS) is 14.4. The summed E-state index contributed by atoms with van der Waals surface area (Å²) in [6.45, 7) is 5.76. The van der Waals surface area contributed by atoms with Crippen molar-refractivity contribution in [3.05, 3.63) is 11.6 Å². The van der Waals surface area contributed by atoms with E-state index in [0.29, 0.717) is 12.1 Å². The third-order valence-electron chi connectivity index (χ3n) is 1.19. The molecule has 1 atom stereocenters. The molecule has 2 N–H and O–H groups in total. The van der Waals surface area contributed by atoms with Crippen molar-refractivity contribution in [3.63, 3.8) is 0 Å². The van der Waals surface area contributed by atoms with Gasteiger partial charge in [0, 0.05) is 12.1 Å². The number of rotatable bonds is 3. The van der Waals surface area contributed by atoms with E-state index in [0.717, 1.165) is 0 Å². The van der Waals surface area contributed by atoms with Crippen LogP contribution in [0.5, 0.6) is 0 Å². The maximum Gasteiger partial charge on any atom is 0.246 e. The molecule has 0 aromatic rings. The van der Waals surface area contributed by atoms with E-state index in [2.05, 4.69) is 5.32 Å². The van der Waals surface area contributed by atoms with Crippen molar-refractivity contribution >= 4 is 5.91 Å². The Hall–Kier alpha value is -0.830. The van der Waals surface area contributed by atoms with E-state index in [1.165, 1.54) is 6.08 Å². The number of likely N-dealkylation sites (N-methyl/N-ethyl adjacent to an activating group) is 1. The highest BCUT2D eigenvalue weighted by molar-refractivity contribution is 5.92. The van der Waals surface area contributed by atoms with Crippen molar-refractivity contribution in [2.45, 2.75) is 26.9 Å². The van der Waals surface area contributed by atoms with E-state index >= 15 is 0 Å². The smallest absolute Gasteiger partial charge is 0.246 e. The molecule has 0 aromatic carbocycles. The lowest BCUT2D eigenvalue weighted by atomic mass is 10.2. The van der Waals surface area contributed by atoms with E-state index in [4.69, 9.17) is 5.11 Å². The largest absolute Gasteiger partial charge is 0.389 e. The van der Waals surface area contributed by atoms with Gasteiger partial charge in [-0.2, -0.15) is 0 Å². The number of aliphatic hydroxyl groups is 1. The summed E-state index contributed by atoms with van der Waals surface area (Å²) >= 11 is 0. The number of aliphatic hydroxyl groups excluding tert-OH is 1. The molecular weight excluding hydrogens is 142 g/mol. The maximum absolute atomic E-state index is 11.0. The van der Waals surface area contributed by atoms with Crippen LogP contribution in [0.15, 0.2) is 11.6 Å². The highest BCUT2D eigenvalue weighted by atomic mass is 16.3. The predicted octanol–water partition coefficient (Wildman–Crippen LogP) is 0.450. The molecule has 0 saturated heterocycles. The second kappa shape index (κ2) is 4.91. The van der Waals surface area contributed by atoms with Crippen molar-refractivity contribution in [2.75, 3.05) is 6.54 Å². The summed E-state index contributed by atoms with van der Waals surface area (Å²) < 4.78 is 0. The van der Waals surface area contributed by atoms with Crippen molar-refractivity contribution in [3.8, 4) is 0 Å². The molecule has 0 radical (unpaired) electrons. The van der Waals surface area contributed by atoms with Gasteiger partial charge in [0.05, 0.1) is 6.10 Å². The lowest BCUT2D eigenvalue weighted by Crippen LogP contribution is -2.23. The Morgan fingerprint density at radius 3 is 2.64 bits per heavy atom. The fourth-order valence-electron chi connectivity index (χ4n) is 0.737.